The molecule has 1 aromatic heterocycles. The number of carboxylic acids is 1. The van der Waals surface area contributed by atoms with Crippen molar-refractivity contribution in [2.24, 2.45) is 0 Å². The summed E-state index contributed by atoms with van der Waals surface area (Å²) >= 11 is 0. The molecule has 108 valence electrons. The highest BCUT2D eigenvalue weighted by Gasteiger charge is 2.34. The van der Waals surface area contributed by atoms with Crippen LogP contribution in [0, 0.1) is 0 Å². The summed E-state index contributed by atoms with van der Waals surface area (Å²) in [5, 5.41) is 13.4. The Hall–Kier alpha value is -2.63. The van der Waals surface area contributed by atoms with E-state index in [2.05, 4.69) is 5.10 Å². The first-order valence-corrected chi connectivity index (χ1v) is 6.71. The van der Waals surface area contributed by atoms with Gasteiger partial charge >= 0.3 is 5.97 Å². The molecule has 1 amide bonds. The Balaban J connectivity index is 1.85. The number of nitrogens with zero attached hydrogens (tertiary/aromatic N) is 3. The number of carbonyl (C=O) groups is 2. The van der Waals surface area contributed by atoms with Crippen molar-refractivity contribution in [3.8, 4) is 0 Å². The van der Waals surface area contributed by atoms with Crippen LogP contribution in [0.1, 0.15) is 11.1 Å². The van der Waals surface area contributed by atoms with E-state index in [1.807, 2.05) is 24.3 Å². The number of aromatic nitrogens is 2. The van der Waals surface area contributed by atoms with Crippen molar-refractivity contribution in [2.75, 3.05) is 0 Å². The summed E-state index contributed by atoms with van der Waals surface area (Å²) in [7, 11) is 0. The first-order chi connectivity index (χ1) is 10.1. The Bertz CT molecular complexity index is 667. The Morgan fingerprint density at radius 1 is 1.24 bits per heavy atom. The molecule has 0 radical (unpaired) electrons. The molecule has 0 bridgehead atoms. The molecule has 0 fully saturated rings. The van der Waals surface area contributed by atoms with Crippen LogP contribution in [0.25, 0.3) is 0 Å². The van der Waals surface area contributed by atoms with E-state index in [9.17, 15) is 14.7 Å². The topological polar surface area (TPSA) is 75.4 Å². The highest BCUT2D eigenvalue weighted by molar-refractivity contribution is 5.84. The zero-order chi connectivity index (χ0) is 14.8. The van der Waals surface area contributed by atoms with Gasteiger partial charge in [0.2, 0.25) is 5.91 Å². The molecule has 2 aromatic rings. The predicted molar refractivity (Wildman–Crippen MR) is 74.3 cm³/mol. The zero-order valence-corrected chi connectivity index (χ0v) is 11.3. The maximum atomic E-state index is 12.4. The number of fused-ring (bicyclic) bond motifs is 1. The van der Waals surface area contributed by atoms with Crippen molar-refractivity contribution in [2.45, 2.75) is 25.6 Å². The maximum absolute atomic E-state index is 12.4. The quantitative estimate of drug-likeness (QED) is 0.910. The SMILES string of the molecule is O=C(O)[C@H]1Cc2ccccc2CN1C(=O)Cn1cccn1. The summed E-state index contributed by atoms with van der Waals surface area (Å²) in [5.74, 6) is -1.21. The lowest BCUT2D eigenvalue weighted by Gasteiger charge is -2.34. The van der Waals surface area contributed by atoms with Crippen molar-refractivity contribution >= 4 is 11.9 Å². The van der Waals surface area contributed by atoms with Crippen LogP contribution in [-0.4, -0.2) is 37.7 Å². The number of hydrogen-bond donors (Lipinski definition) is 1. The zero-order valence-electron chi connectivity index (χ0n) is 11.3. The van der Waals surface area contributed by atoms with E-state index in [1.165, 1.54) is 9.58 Å². The number of benzene rings is 1. The van der Waals surface area contributed by atoms with E-state index >= 15 is 0 Å². The normalized spacial score (nSPS) is 17.3. The molecule has 3 rings (SSSR count). The Morgan fingerprint density at radius 2 is 2.00 bits per heavy atom. The molecule has 1 aromatic carbocycles. The number of carbonyl (C=O) groups excluding carboxylic acids is 1. The molecule has 1 aliphatic rings. The lowest BCUT2D eigenvalue weighted by atomic mass is 9.94. The van der Waals surface area contributed by atoms with E-state index in [0.29, 0.717) is 13.0 Å². The molecule has 0 unspecified atom stereocenters. The van der Waals surface area contributed by atoms with E-state index in [1.54, 1.807) is 18.5 Å². The van der Waals surface area contributed by atoms with Crippen LogP contribution in [0.4, 0.5) is 0 Å². The molecule has 0 saturated heterocycles. The summed E-state index contributed by atoms with van der Waals surface area (Å²) in [6.07, 6.45) is 3.62. The van der Waals surface area contributed by atoms with Gasteiger partial charge in [0.05, 0.1) is 0 Å². The van der Waals surface area contributed by atoms with Gasteiger partial charge in [-0.1, -0.05) is 24.3 Å². The smallest absolute Gasteiger partial charge is 0.326 e. The minimum Gasteiger partial charge on any atom is -0.480 e. The Labute approximate surface area is 121 Å². The molecular formula is C15H15N3O3. The fraction of sp³-hybridized carbons (Fsp3) is 0.267. The summed E-state index contributed by atoms with van der Waals surface area (Å²) in [5.41, 5.74) is 2.00. The molecule has 21 heavy (non-hydrogen) atoms. The molecule has 0 aliphatic carbocycles. The third-order valence-electron chi connectivity index (χ3n) is 3.71. The molecule has 2 heterocycles. The minimum atomic E-state index is -0.974. The number of aliphatic carboxylic acids is 1. The average molecular weight is 285 g/mol. The summed E-state index contributed by atoms with van der Waals surface area (Å²) < 4.78 is 1.50. The molecule has 0 spiro atoms. The molecule has 1 aliphatic heterocycles. The lowest BCUT2D eigenvalue weighted by Crippen LogP contribution is -2.49. The standard InChI is InChI=1S/C15H15N3O3/c19-14(10-17-7-3-6-16-17)18-9-12-5-2-1-4-11(12)8-13(18)15(20)21/h1-7,13H,8-10H2,(H,20,21)/t13-/m1/s1. The third-order valence-corrected chi connectivity index (χ3v) is 3.71. The molecule has 6 nitrogen and oxygen atoms in total. The van der Waals surface area contributed by atoms with Crippen molar-refractivity contribution in [3.63, 3.8) is 0 Å². The fourth-order valence-corrected chi connectivity index (χ4v) is 2.63. The van der Waals surface area contributed by atoms with Crippen molar-refractivity contribution in [1.82, 2.24) is 14.7 Å². The Morgan fingerprint density at radius 3 is 2.67 bits per heavy atom. The van der Waals surface area contributed by atoms with Gasteiger partial charge in [0, 0.05) is 25.4 Å². The van der Waals surface area contributed by atoms with E-state index in [-0.39, 0.29) is 12.5 Å². The number of hydrogen-bond acceptors (Lipinski definition) is 3. The van der Waals surface area contributed by atoms with E-state index in [4.69, 9.17) is 0 Å². The molecule has 1 N–H and O–H groups in total. The molecular weight excluding hydrogens is 270 g/mol. The average Bonchev–Trinajstić information content (AvgIpc) is 2.98. The van der Waals surface area contributed by atoms with Crippen LogP contribution >= 0.6 is 0 Å². The van der Waals surface area contributed by atoms with Crippen LogP contribution in [-0.2, 0) is 29.1 Å². The van der Waals surface area contributed by atoms with Crippen molar-refractivity contribution in [3.05, 3.63) is 53.9 Å². The lowest BCUT2D eigenvalue weighted by molar-refractivity contribution is -0.151. The van der Waals surface area contributed by atoms with E-state index in [0.717, 1.165) is 11.1 Å². The highest BCUT2D eigenvalue weighted by atomic mass is 16.4. The van der Waals surface area contributed by atoms with Gasteiger partial charge in [-0.05, 0) is 17.2 Å². The number of amides is 1. The summed E-state index contributed by atoms with van der Waals surface area (Å²) in [6, 6.07) is 8.55. The minimum absolute atomic E-state index is 0.0545. The maximum Gasteiger partial charge on any atom is 0.326 e. The van der Waals surface area contributed by atoms with Crippen LogP contribution in [0.3, 0.4) is 0 Å². The summed E-state index contributed by atoms with van der Waals surface area (Å²) in [4.78, 5) is 25.3. The van der Waals surface area contributed by atoms with Gasteiger partial charge in [0.1, 0.15) is 12.6 Å². The van der Waals surface area contributed by atoms with Crippen LogP contribution in [0.5, 0.6) is 0 Å². The van der Waals surface area contributed by atoms with Crippen LogP contribution < -0.4 is 0 Å². The molecule has 6 heteroatoms. The van der Waals surface area contributed by atoms with Gasteiger partial charge < -0.3 is 10.0 Å². The largest absolute Gasteiger partial charge is 0.480 e. The molecule has 1 atom stereocenters. The van der Waals surface area contributed by atoms with Crippen molar-refractivity contribution < 1.29 is 14.7 Å². The van der Waals surface area contributed by atoms with Gasteiger partial charge in [-0.25, -0.2) is 4.79 Å². The molecule has 0 saturated carbocycles. The van der Waals surface area contributed by atoms with Crippen LogP contribution in [0.15, 0.2) is 42.7 Å². The van der Waals surface area contributed by atoms with Crippen molar-refractivity contribution in [1.29, 1.82) is 0 Å². The van der Waals surface area contributed by atoms with Gasteiger partial charge in [-0.3, -0.25) is 9.48 Å². The fourth-order valence-electron chi connectivity index (χ4n) is 2.63. The highest BCUT2D eigenvalue weighted by Crippen LogP contribution is 2.23. The predicted octanol–water partition coefficient (Wildman–Crippen LogP) is 0.921. The van der Waals surface area contributed by atoms with Gasteiger partial charge in [-0.2, -0.15) is 5.10 Å². The van der Waals surface area contributed by atoms with Crippen LogP contribution in [0.2, 0.25) is 0 Å². The van der Waals surface area contributed by atoms with Gasteiger partial charge in [0.15, 0.2) is 0 Å². The van der Waals surface area contributed by atoms with E-state index < -0.39 is 12.0 Å². The second-order valence-corrected chi connectivity index (χ2v) is 5.05. The summed E-state index contributed by atoms with van der Waals surface area (Å²) in [6.45, 7) is 0.381. The van der Waals surface area contributed by atoms with Gasteiger partial charge in [0.25, 0.3) is 0 Å². The van der Waals surface area contributed by atoms with Gasteiger partial charge in [-0.15, -0.1) is 0 Å². The number of carboxylic acid groups (broad SMARTS) is 1. The monoisotopic (exact) mass is 285 g/mol. The second kappa shape index (κ2) is 5.40. The number of rotatable bonds is 3. The first-order valence-electron chi connectivity index (χ1n) is 6.71. The first kappa shape index (κ1) is 13.4. The Kier molecular flexibility index (Phi) is 3.43. The second-order valence-electron chi connectivity index (χ2n) is 5.05. The third kappa shape index (κ3) is 2.65.